The fraction of sp³-hybridized carbons (Fsp3) is 0.619. The van der Waals surface area contributed by atoms with Crippen molar-refractivity contribution < 1.29 is 4.79 Å². The molecule has 3 heterocycles. The number of fused-ring (bicyclic) bond motifs is 2. The van der Waals surface area contributed by atoms with Crippen LogP contribution in [0.25, 0.3) is 11.0 Å². The number of piperidine rings is 1. The number of aromatic nitrogens is 2. The minimum atomic E-state index is 0.125. The highest BCUT2D eigenvalue weighted by atomic mass is 16.2. The molecule has 27 heavy (non-hydrogen) atoms. The largest absolute Gasteiger partial charge is 0.355 e. The van der Waals surface area contributed by atoms with Gasteiger partial charge in [0.2, 0.25) is 5.91 Å². The van der Waals surface area contributed by atoms with Gasteiger partial charge in [0.25, 0.3) is 0 Å². The molecule has 2 atom stereocenters. The number of imidazole rings is 1. The lowest BCUT2D eigenvalue weighted by Crippen LogP contribution is -2.62. The number of carbonyl (C=O) groups excluding carboxylic acids is 1. The molecule has 0 aliphatic carbocycles. The van der Waals surface area contributed by atoms with Gasteiger partial charge in [0.15, 0.2) is 0 Å². The van der Waals surface area contributed by atoms with E-state index in [4.69, 9.17) is 0 Å². The summed E-state index contributed by atoms with van der Waals surface area (Å²) in [5.74, 6) is 1.05. The molecule has 6 heteroatoms. The summed E-state index contributed by atoms with van der Waals surface area (Å²) in [6.45, 7) is 5.59. The van der Waals surface area contributed by atoms with Crippen LogP contribution in [0.5, 0.6) is 0 Å². The van der Waals surface area contributed by atoms with Gasteiger partial charge in [-0.3, -0.25) is 9.69 Å². The molecule has 1 aromatic carbocycles. The van der Waals surface area contributed by atoms with E-state index in [1.165, 1.54) is 25.7 Å². The number of nitrogens with one attached hydrogen (secondary N) is 3. The van der Waals surface area contributed by atoms with Gasteiger partial charge in [-0.05, 0) is 57.8 Å². The van der Waals surface area contributed by atoms with Crippen molar-refractivity contribution in [2.45, 2.75) is 57.0 Å². The molecule has 3 N–H and O–H groups in total. The molecule has 6 nitrogen and oxygen atoms in total. The molecule has 1 aromatic heterocycles. The number of hydrogen-bond donors (Lipinski definition) is 3. The first-order valence-electron chi connectivity index (χ1n) is 10.3. The number of likely N-dealkylation sites (tertiary alicyclic amines) is 1. The van der Waals surface area contributed by atoms with Gasteiger partial charge in [0.05, 0.1) is 17.6 Å². The predicted molar refractivity (Wildman–Crippen MR) is 108 cm³/mol. The van der Waals surface area contributed by atoms with Gasteiger partial charge in [-0.1, -0.05) is 18.6 Å². The van der Waals surface area contributed by atoms with Gasteiger partial charge in [-0.15, -0.1) is 0 Å². The number of para-hydroxylation sites is 2. The van der Waals surface area contributed by atoms with E-state index in [0.29, 0.717) is 19.1 Å². The molecule has 0 bridgehead atoms. The maximum atomic E-state index is 12.5. The topological polar surface area (TPSA) is 73.0 Å². The highest BCUT2D eigenvalue weighted by Gasteiger charge is 2.41. The Kier molecular flexibility index (Phi) is 5.45. The van der Waals surface area contributed by atoms with Crippen molar-refractivity contribution in [1.82, 2.24) is 25.5 Å². The summed E-state index contributed by atoms with van der Waals surface area (Å²) in [5.41, 5.74) is 2.18. The number of hydrogen-bond acceptors (Lipinski definition) is 4. The van der Waals surface area contributed by atoms with Gasteiger partial charge < -0.3 is 15.6 Å². The Morgan fingerprint density at radius 1 is 1.33 bits per heavy atom. The van der Waals surface area contributed by atoms with Crippen molar-refractivity contribution >= 4 is 16.9 Å². The van der Waals surface area contributed by atoms with Crippen LogP contribution < -0.4 is 10.6 Å². The SMILES string of the molecule is C[C@@]12CCCN(CC(=O)NCCc3nc4ccccc4[nH]3)[C@H]1CCCCN2. The third kappa shape index (κ3) is 4.17. The van der Waals surface area contributed by atoms with Crippen LogP contribution in [0.3, 0.4) is 0 Å². The third-order valence-electron chi connectivity index (χ3n) is 6.22. The molecule has 4 rings (SSSR count). The number of rotatable bonds is 5. The summed E-state index contributed by atoms with van der Waals surface area (Å²) >= 11 is 0. The van der Waals surface area contributed by atoms with Crippen molar-refractivity contribution in [2.24, 2.45) is 0 Å². The number of nitrogens with zero attached hydrogens (tertiary/aromatic N) is 2. The highest BCUT2D eigenvalue weighted by Crippen LogP contribution is 2.32. The molecule has 0 saturated carbocycles. The van der Waals surface area contributed by atoms with E-state index >= 15 is 0 Å². The molecule has 0 unspecified atom stereocenters. The molecule has 2 saturated heterocycles. The van der Waals surface area contributed by atoms with Crippen LogP contribution in [-0.2, 0) is 11.2 Å². The summed E-state index contributed by atoms with van der Waals surface area (Å²) in [5, 5.41) is 6.84. The second-order valence-corrected chi connectivity index (χ2v) is 8.23. The molecule has 2 aromatic rings. The zero-order valence-corrected chi connectivity index (χ0v) is 16.3. The van der Waals surface area contributed by atoms with Gasteiger partial charge in [-0.25, -0.2) is 4.98 Å². The van der Waals surface area contributed by atoms with E-state index in [1.807, 2.05) is 24.3 Å². The number of aromatic amines is 1. The third-order valence-corrected chi connectivity index (χ3v) is 6.22. The van der Waals surface area contributed by atoms with E-state index in [-0.39, 0.29) is 11.4 Å². The van der Waals surface area contributed by atoms with Crippen LogP contribution in [0.2, 0.25) is 0 Å². The summed E-state index contributed by atoms with van der Waals surface area (Å²) in [4.78, 5) is 22.8. The molecule has 1 amide bonds. The van der Waals surface area contributed by atoms with Crippen molar-refractivity contribution in [3.63, 3.8) is 0 Å². The molecule has 2 aliphatic rings. The number of benzene rings is 1. The van der Waals surface area contributed by atoms with E-state index in [2.05, 4.69) is 32.4 Å². The minimum Gasteiger partial charge on any atom is -0.355 e. The van der Waals surface area contributed by atoms with Gasteiger partial charge >= 0.3 is 0 Å². The normalized spacial score (nSPS) is 26.5. The zero-order valence-electron chi connectivity index (χ0n) is 16.3. The Balaban J connectivity index is 1.29. The zero-order chi connectivity index (χ0) is 18.7. The molecular formula is C21H31N5O. The fourth-order valence-corrected chi connectivity index (χ4v) is 4.79. The first-order chi connectivity index (χ1) is 13.1. The average molecular weight is 370 g/mol. The van der Waals surface area contributed by atoms with Crippen LogP contribution in [-0.4, -0.2) is 58.5 Å². The Morgan fingerprint density at radius 3 is 3.11 bits per heavy atom. The van der Waals surface area contributed by atoms with Crippen molar-refractivity contribution in [1.29, 1.82) is 0 Å². The second-order valence-electron chi connectivity index (χ2n) is 8.23. The van der Waals surface area contributed by atoms with Crippen molar-refractivity contribution in [3.05, 3.63) is 30.1 Å². The number of amides is 1. The first kappa shape index (κ1) is 18.4. The van der Waals surface area contributed by atoms with Crippen LogP contribution in [0.15, 0.2) is 24.3 Å². The van der Waals surface area contributed by atoms with Crippen LogP contribution in [0, 0.1) is 0 Å². The Labute approximate surface area is 161 Å². The smallest absolute Gasteiger partial charge is 0.234 e. The summed E-state index contributed by atoms with van der Waals surface area (Å²) in [7, 11) is 0. The van der Waals surface area contributed by atoms with Gasteiger partial charge in [-0.2, -0.15) is 0 Å². The molecule has 146 valence electrons. The lowest BCUT2D eigenvalue weighted by molar-refractivity contribution is -0.123. The van der Waals surface area contributed by atoms with Crippen molar-refractivity contribution in [2.75, 3.05) is 26.2 Å². The van der Waals surface area contributed by atoms with E-state index in [1.54, 1.807) is 0 Å². The molecule has 2 fully saturated rings. The standard InChI is InChI=1S/C21H31N5O/c1-21-11-6-14-26(18(21)9-4-5-12-23-21)15-20(27)22-13-10-19-24-16-7-2-3-8-17(16)25-19/h2-3,7-8,18,23H,4-6,9-15H2,1H3,(H,22,27)(H,24,25)/t18-,21+/m0/s1. The maximum absolute atomic E-state index is 12.5. The van der Waals surface area contributed by atoms with E-state index in [9.17, 15) is 4.79 Å². The summed E-state index contributed by atoms with van der Waals surface area (Å²) in [6, 6.07) is 8.49. The number of carbonyl (C=O) groups is 1. The Hall–Kier alpha value is -1.92. The Morgan fingerprint density at radius 2 is 2.22 bits per heavy atom. The Bertz CT molecular complexity index is 755. The van der Waals surface area contributed by atoms with Crippen molar-refractivity contribution in [3.8, 4) is 0 Å². The monoisotopic (exact) mass is 369 g/mol. The molecule has 0 radical (unpaired) electrons. The molecule has 0 spiro atoms. The predicted octanol–water partition coefficient (Wildman–Crippen LogP) is 2.22. The van der Waals surface area contributed by atoms with E-state index in [0.717, 1.165) is 42.8 Å². The molecule has 2 aliphatic heterocycles. The fourth-order valence-electron chi connectivity index (χ4n) is 4.79. The quantitative estimate of drug-likeness (QED) is 0.756. The average Bonchev–Trinajstić information content (AvgIpc) is 2.95. The second kappa shape index (κ2) is 7.98. The van der Waals surface area contributed by atoms with Crippen LogP contribution >= 0.6 is 0 Å². The van der Waals surface area contributed by atoms with Crippen LogP contribution in [0.4, 0.5) is 0 Å². The first-order valence-corrected chi connectivity index (χ1v) is 10.3. The summed E-state index contributed by atoms with van der Waals surface area (Å²) < 4.78 is 0. The lowest BCUT2D eigenvalue weighted by atomic mass is 9.81. The number of H-pyrrole nitrogens is 1. The molecular weight excluding hydrogens is 338 g/mol. The van der Waals surface area contributed by atoms with Gasteiger partial charge in [0.1, 0.15) is 5.82 Å². The maximum Gasteiger partial charge on any atom is 0.234 e. The highest BCUT2D eigenvalue weighted by molar-refractivity contribution is 5.78. The van der Waals surface area contributed by atoms with Gasteiger partial charge in [0, 0.05) is 24.5 Å². The van der Waals surface area contributed by atoms with Crippen LogP contribution in [0.1, 0.15) is 44.9 Å². The summed E-state index contributed by atoms with van der Waals surface area (Å²) in [6.07, 6.45) is 6.77. The lowest BCUT2D eigenvalue weighted by Gasteiger charge is -2.48. The van der Waals surface area contributed by atoms with E-state index < -0.39 is 0 Å². The minimum absolute atomic E-state index is 0.125.